The van der Waals surface area contributed by atoms with E-state index >= 15 is 0 Å². The molecule has 0 spiro atoms. The van der Waals surface area contributed by atoms with Crippen molar-refractivity contribution in [3.05, 3.63) is 291 Å². The van der Waals surface area contributed by atoms with E-state index in [9.17, 15) is 63.4 Å². The van der Waals surface area contributed by atoms with Gasteiger partial charge in [-0.25, -0.2) is 23.7 Å². The van der Waals surface area contributed by atoms with Gasteiger partial charge in [0, 0.05) is 64.2 Å². The molecule has 0 aliphatic rings. The molecule has 0 fully saturated rings. The van der Waals surface area contributed by atoms with Crippen molar-refractivity contribution in [2.75, 3.05) is 20.4 Å². The minimum atomic E-state index is -5.62. The summed E-state index contributed by atoms with van der Waals surface area (Å²) in [6.07, 6.45) is -10.7. The van der Waals surface area contributed by atoms with Crippen LogP contribution in [0, 0.1) is 25.9 Å². The average Bonchev–Trinajstić information content (AvgIpc) is 0.778. The van der Waals surface area contributed by atoms with Crippen LogP contribution in [0.2, 0.25) is 6.32 Å². The van der Waals surface area contributed by atoms with E-state index in [2.05, 4.69) is 142 Å². The molecule has 40 heteroatoms. The molecule has 1 radical (unpaired) electrons. The SMILES string of the molecule is CCO.CCO.CC[B]F.Cc1ccc2c(=O)c3ccc(Br)cc3oc2c1.FF.O=C(OC(=O)C(F)(F)F)C(F)(F)F.O=COc1ccc(Br)cc1Oc1cccc(Br)c1.O=c1c2ccc(Br)cc2oc2cccc(Br)c12.Oc1cccc(Br)c1.[2H]CF.[C-]#[N+]c1ccc(Br)cc1Oc1cccc(Br)c1.[C-]#[N+]c1ccc(O)cc1F.[H-].[K+].[Na+].[OH-]. The van der Waals surface area contributed by atoms with Crippen LogP contribution in [0.1, 0.15) is 29.1 Å². The number of alkyl halides is 7. The van der Waals surface area contributed by atoms with E-state index < -0.39 is 37.3 Å². The summed E-state index contributed by atoms with van der Waals surface area (Å²) in [5.74, 6) is -4.22. The summed E-state index contributed by atoms with van der Waals surface area (Å²) in [6.45, 7) is 21.5. The molecule has 0 saturated carbocycles. The van der Waals surface area contributed by atoms with Crippen LogP contribution in [0.5, 0.6) is 40.2 Å². The first kappa shape index (κ1) is 113. The summed E-state index contributed by atoms with van der Waals surface area (Å²) in [7, 11) is -0.375. The third kappa shape index (κ3) is 43.1. The molecule has 12 aromatic rings. The smallest absolute Gasteiger partial charge is 1.00 e. The zero-order valence-electron chi connectivity index (χ0n) is 63.3. The Balaban J connectivity index is -0.000000633. The fourth-order valence-electron chi connectivity index (χ4n) is 7.71. The van der Waals surface area contributed by atoms with Crippen molar-refractivity contribution in [2.45, 2.75) is 46.4 Å². The zero-order valence-corrected chi connectivity index (χ0v) is 79.1. The van der Waals surface area contributed by atoms with Gasteiger partial charge in [-0.2, -0.15) is 26.3 Å². The number of aryl methyl sites for hydroxylation is 1. The fourth-order valence-corrected chi connectivity index (χ4v) is 10.7. The maximum atomic E-state index is 12.5. The summed E-state index contributed by atoms with van der Waals surface area (Å²) < 4.78 is 159. The van der Waals surface area contributed by atoms with E-state index in [0.717, 1.165) is 47.4 Å². The fraction of sp³-hybridized carbons (Fsp3) is 0.130. The molecule has 5 N–H and O–H groups in total. The number of hydrogen-bond acceptors (Lipinski definition) is 16. The Labute approximate surface area is 797 Å². The Morgan fingerprint density at radius 2 is 0.915 bits per heavy atom. The van der Waals surface area contributed by atoms with Gasteiger partial charge in [-0.3, -0.25) is 18.8 Å². The summed E-state index contributed by atoms with van der Waals surface area (Å²) >= 11 is 26.8. The number of phenols is 2. The predicted molar refractivity (Wildman–Crippen MR) is 446 cm³/mol. The molecule has 0 amide bonds. The number of aliphatic hydroxyl groups is 2. The van der Waals surface area contributed by atoms with Crippen molar-refractivity contribution in [1.82, 2.24) is 0 Å². The molecule has 0 bridgehead atoms. The number of carbonyl (C=O) groups is 3. The molecular formula is C77H61BBr8F11KN2NaO16. The van der Waals surface area contributed by atoms with Crippen LogP contribution in [-0.2, 0) is 19.1 Å². The van der Waals surface area contributed by atoms with E-state index in [-0.39, 0.29) is 123 Å². The number of rotatable bonds is 7. The van der Waals surface area contributed by atoms with Gasteiger partial charge in [-0.1, -0.05) is 161 Å². The minimum absolute atomic E-state index is 0. The first-order valence-corrected chi connectivity index (χ1v) is 37.5. The number of benzene rings is 10. The van der Waals surface area contributed by atoms with Gasteiger partial charge in [0.05, 0.1) is 43.2 Å². The van der Waals surface area contributed by atoms with Crippen molar-refractivity contribution < 1.29 is 200 Å². The van der Waals surface area contributed by atoms with Gasteiger partial charge >= 0.3 is 113 Å². The number of aliphatic hydroxyl groups excluding tert-OH is 2. The first-order valence-electron chi connectivity index (χ1n) is 31.8. The molecule has 12 rings (SSSR count). The van der Waals surface area contributed by atoms with Gasteiger partial charge in [-0.05, 0) is 200 Å². The standard InChI is InChI=1S/C14H9BrO2.C13H7Br2NO.C13H8Br2O3.C13H6Br2O2.C7H4FNO.C6H5BrO.C4F6O3.C2H5BF.2C2H6O.CH3F.F2.K.Na.H2O.H/c1-8-2-4-10-12(6-8)17-13-7-9(15)3-5-11(13)14(10)16;1-16-12-6-5-10(15)8-13(12)17-11-4-2-3-9(14)7-11;14-9-2-1-3-11(6-9)18-13-7-10(15)4-5-12(13)17-8-16;14-7-4-5-8-11(6-7)17-10-3-1-2-9(15)12(10)13(8)16;1-9-7-3-2-5(10)4-6(7)8;7-5-2-1-3-6(8)4-5;5-3(6,7)1(11)13-2(12)4(8,9)10;1-2-3-4;2*1-2-3;2*1-2;;;;/h2-7H,1H3;2-8H;1-8H;1-6H;2-4,10H;1-4,8H;;2H2,1H3;2*3H,2H2,1H3;1H3;;;;1H2;/q;;;;;;;;;;;;2*+1;;-1/p-1/i;;;;;;;;;;1D;;;;;. The van der Waals surface area contributed by atoms with E-state index in [1.165, 1.54) is 12.1 Å². The number of hydrogen-bond donors (Lipinski definition) is 4. The number of nitrogens with zero attached hydrogens (tertiary/aromatic N) is 2. The molecule has 0 unspecified atom stereocenters. The zero-order chi connectivity index (χ0) is 87.1. The molecule has 117 heavy (non-hydrogen) atoms. The number of ether oxygens (including phenoxy) is 4. The molecule has 2 heterocycles. The van der Waals surface area contributed by atoms with Gasteiger partial charge < -0.3 is 59.4 Å². The van der Waals surface area contributed by atoms with Crippen LogP contribution in [0.25, 0.3) is 53.6 Å². The summed E-state index contributed by atoms with van der Waals surface area (Å²) in [5, 5.41) is 35.0. The second-order valence-electron chi connectivity index (χ2n) is 20.5. The van der Waals surface area contributed by atoms with Gasteiger partial charge in [0.1, 0.15) is 56.9 Å². The summed E-state index contributed by atoms with van der Waals surface area (Å²) in [6, 6.07) is 57.7. The number of fused-ring (bicyclic) bond motifs is 4. The van der Waals surface area contributed by atoms with Crippen LogP contribution in [0.3, 0.4) is 0 Å². The third-order valence-corrected chi connectivity index (χ3v) is 16.3. The van der Waals surface area contributed by atoms with Crippen LogP contribution in [0.15, 0.2) is 254 Å². The third-order valence-electron chi connectivity index (χ3n) is 12.2. The summed E-state index contributed by atoms with van der Waals surface area (Å²) in [4.78, 5) is 60.6. The first-order chi connectivity index (χ1) is 54.4. The quantitative estimate of drug-likeness (QED) is 0.0220. The largest absolute Gasteiger partial charge is 1.00 e. The van der Waals surface area contributed by atoms with Crippen molar-refractivity contribution in [3.8, 4) is 40.2 Å². The average molecular weight is 2190 g/mol. The molecule has 18 nitrogen and oxygen atoms in total. The molecule has 0 aliphatic heterocycles. The Kier molecular flexibility index (Phi) is 59.5. The van der Waals surface area contributed by atoms with Crippen molar-refractivity contribution in [3.63, 3.8) is 0 Å². The van der Waals surface area contributed by atoms with Crippen molar-refractivity contribution >= 4 is 209 Å². The monoisotopic (exact) mass is 2180 g/mol. The second-order valence-corrected chi connectivity index (χ2v) is 27.8. The minimum Gasteiger partial charge on any atom is -1.00 e. The maximum Gasteiger partial charge on any atom is 1.00 e. The number of halogens is 19. The molecular weight excluding hydrogens is 2130 g/mol. The van der Waals surface area contributed by atoms with Gasteiger partial charge in [0.15, 0.2) is 11.5 Å². The predicted octanol–water partition coefficient (Wildman–Crippen LogP) is 20.4. The molecule has 10 aromatic carbocycles. The van der Waals surface area contributed by atoms with Crippen molar-refractivity contribution in [2.24, 2.45) is 0 Å². The van der Waals surface area contributed by atoms with E-state index in [1.807, 2.05) is 116 Å². The number of aromatic hydroxyl groups is 2. The number of esters is 2. The maximum absolute atomic E-state index is 12.5. The Morgan fingerprint density at radius 3 is 1.34 bits per heavy atom. The van der Waals surface area contributed by atoms with Crippen LogP contribution >= 0.6 is 127 Å². The van der Waals surface area contributed by atoms with Gasteiger partial charge in [-0.15, -0.1) is 0 Å². The Morgan fingerprint density at radius 1 is 0.538 bits per heavy atom. The normalized spacial score (nSPS) is 9.68. The van der Waals surface area contributed by atoms with Crippen LogP contribution < -0.4 is 106 Å². The Bertz CT molecular complexity index is 5210. The summed E-state index contributed by atoms with van der Waals surface area (Å²) in [5.41, 5.74) is 3.95. The molecule has 0 aliphatic carbocycles. The molecule has 0 atom stereocenters. The second kappa shape index (κ2) is 61.8. The number of phenolic OH excluding ortho intramolecular Hbond substituents is 2. The molecule has 613 valence electrons. The molecule has 0 saturated heterocycles. The Hall–Kier alpha value is -6.42. The topological polar surface area (TPSA) is 268 Å². The number of carbonyl (C=O) groups excluding carboxylic acids is 3. The van der Waals surface area contributed by atoms with Gasteiger partial charge in [0.25, 0.3) is 6.47 Å². The van der Waals surface area contributed by atoms with E-state index in [4.69, 9.17) is 67.1 Å². The van der Waals surface area contributed by atoms with E-state index in [0.29, 0.717) is 104 Å². The van der Waals surface area contributed by atoms with Gasteiger partial charge in [0.2, 0.25) is 22.2 Å². The van der Waals surface area contributed by atoms with Crippen LogP contribution in [0.4, 0.5) is 60.0 Å². The van der Waals surface area contributed by atoms with Crippen LogP contribution in [-0.4, -0.2) is 84.6 Å². The van der Waals surface area contributed by atoms with Crippen molar-refractivity contribution in [1.29, 1.82) is 0 Å². The molecule has 2 aromatic heterocycles. The van der Waals surface area contributed by atoms with E-state index in [1.54, 1.807) is 93.6 Å².